The van der Waals surface area contributed by atoms with Crippen molar-refractivity contribution in [2.75, 3.05) is 13.7 Å². The maximum absolute atomic E-state index is 11.9. The van der Waals surface area contributed by atoms with Gasteiger partial charge in [0.25, 0.3) is 5.69 Å². The molecule has 1 aromatic carbocycles. The molecule has 1 amide bonds. The summed E-state index contributed by atoms with van der Waals surface area (Å²) >= 11 is 5.91. The number of aliphatic hydroxyl groups is 1. The fourth-order valence-electron chi connectivity index (χ4n) is 1.45. The van der Waals surface area contributed by atoms with Crippen molar-refractivity contribution in [1.82, 2.24) is 4.90 Å². The summed E-state index contributed by atoms with van der Waals surface area (Å²) < 4.78 is 0. The molecule has 0 saturated heterocycles. The van der Waals surface area contributed by atoms with E-state index in [0.29, 0.717) is 5.56 Å². The Bertz CT molecular complexity index is 493. The van der Waals surface area contributed by atoms with Crippen LogP contribution in [0.25, 0.3) is 0 Å². The van der Waals surface area contributed by atoms with Gasteiger partial charge >= 0.3 is 0 Å². The van der Waals surface area contributed by atoms with Gasteiger partial charge in [-0.25, -0.2) is 0 Å². The Labute approximate surface area is 115 Å². The molecule has 0 fully saturated rings. The highest BCUT2D eigenvalue weighted by molar-refractivity contribution is 6.31. The highest BCUT2D eigenvalue weighted by atomic mass is 35.5. The summed E-state index contributed by atoms with van der Waals surface area (Å²) in [5.74, 6) is -0.211. The molecule has 1 unspecified atom stereocenters. The van der Waals surface area contributed by atoms with Crippen LogP contribution in [0, 0.1) is 10.1 Å². The van der Waals surface area contributed by atoms with Gasteiger partial charge in [-0.2, -0.15) is 0 Å². The van der Waals surface area contributed by atoms with Crippen molar-refractivity contribution in [2.24, 2.45) is 0 Å². The van der Waals surface area contributed by atoms with Crippen molar-refractivity contribution in [2.45, 2.75) is 19.4 Å². The lowest BCUT2D eigenvalue weighted by Gasteiger charge is -2.23. The van der Waals surface area contributed by atoms with E-state index in [1.807, 2.05) is 0 Å². The molecule has 6 nitrogen and oxygen atoms in total. The van der Waals surface area contributed by atoms with Crippen molar-refractivity contribution in [3.63, 3.8) is 0 Å². The Morgan fingerprint density at radius 3 is 2.68 bits per heavy atom. The molecule has 0 heterocycles. The van der Waals surface area contributed by atoms with Gasteiger partial charge in [-0.15, -0.1) is 0 Å². The van der Waals surface area contributed by atoms with Gasteiger partial charge in [0.1, 0.15) is 0 Å². The Kier molecular flexibility index (Phi) is 5.26. The summed E-state index contributed by atoms with van der Waals surface area (Å²) in [5, 5.41) is 19.7. The van der Waals surface area contributed by atoms with Crippen LogP contribution >= 0.6 is 11.6 Å². The largest absolute Gasteiger partial charge is 0.394 e. The zero-order valence-electron chi connectivity index (χ0n) is 10.7. The minimum Gasteiger partial charge on any atom is -0.394 e. The number of aliphatic hydroxyl groups excluding tert-OH is 1. The summed E-state index contributed by atoms with van der Waals surface area (Å²) in [6.45, 7) is 1.59. The molecule has 19 heavy (non-hydrogen) atoms. The molecule has 0 aromatic heterocycles. The van der Waals surface area contributed by atoms with Crippen LogP contribution < -0.4 is 0 Å². The van der Waals surface area contributed by atoms with Gasteiger partial charge in [0.15, 0.2) is 0 Å². The molecular formula is C12H15ClN2O4. The van der Waals surface area contributed by atoms with Crippen LogP contribution in [0.1, 0.15) is 12.5 Å². The quantitative estimate of drug-likeness (QED) is 0.659. The normalized spacial score (nSPS) is 12.0. The number of non-ortho nitro benzene ring substituents is 1. The van der Waals surface area contributed by atoms with Crippen molar-refractivity contribution < 1.29 is 14.8 Å². The Morgan fingerprint density at radius 2 is 2.21 bits per heavy atom. The maximum Gasteiger partial charge on any atom is 0.270 e. The molecule has 0 aliphatic rings. The summed E-state index contributed by atoms with van der Waals surface area (Å²) in [5.41, 5.74) is 0.410. The van der Waals surface area contributed by atoms with Crippen LogP contribution in [0.4, 0.5) is 5.69 Å². The molecular weight excluding hydrogens is 272 g/mol. The number of hydrogen-bond acceptors (Lipinski definition) is 4. The maximum atomic E-state index is 11.9. The zero-order valence-corrected chi connectivity index (χ0v) is 11.4. The SMILES string of the molecule is CC(CO)N(C)C(=O)Cc1ccc([N+](=O)[O-])cc1Cl. The molecule has 1 N–H and O–H groups in total. The molecule has 1 aromatic rings. The monoisotopic (exact) mass is 286 g/mol. The third kappa shape index (κ3) is 3.90. The molecule has 0 radical (unpaired) electrons. The molecule has 104 valence electrons. The molecule has 1 atom stereocenters. The van der Waals surface area contributed by atoms with Gasteiger partial charge < -0.3 is 10.0 Å². The lowest BCUT2D eigenvalue weighted by Crippen LogP contribution is -2.38. The third-order valence-corrected chi connectivity index (χ3v) is 3.26. The Balaban J connectivity index is 2.83. The van der Waals surface area contributed by atoms with E-state index in [1.54, 1.807) is 14.0 Å². The number of benzene rings is 1. The molecule has 0 aliphatic carbocycles. The lowest BCUT2D eigenvalue weighted by atomic mass is 10.1. The number of amides is 1. The number of likely N-dealkylation sites (N-methyl/N-ethyl adjacent to an activating group) is 1. The highest BCUT2D eigenvalue weighted by Crippen LogP contribution is 2.23. The lowest BCUT2D eigenvalue weighted by molar-refractivity contribution is -0.384. The van der Waals surface area contributed by atoms with Crippen LogP contribution in [-0.2, 0) is 11.2 Å². The van der Waals surface area contributed by atoms with E-state index in [4.69, 9.17) is 16.7 Å². The number of hydrogen-bond donors (Lipinski definition) is 1. The van der Waals surface area contributed by atoms with E-state index >= 15 is 0 Å². The second-order valence-electron chi connectivity index (χ2n) is 4.25. The van der Waals surface area contributed by atoms with Crippen LogP contribution in [0.3, 0.4) is 0 Å². The average Bonchev–Trinajstić information content (AvgIpc) is 2.38. The summed E-state index contributed by atoms with van der Waals surface area (Å²) in [6.07, 6.45) is 0.0394. The molecule has 0 saturated carbocycles. The predicted molar refractivity (Wildman–Crippen MR) is 71.1 cm³/mol. The number of carbonyl (C=O) groups excluding carboxylic acids is 1. The fraction of sp³-hybridized carbons (Fsp3) is 0.417. The van der Waals surface area contributed by atoms with Gasteiger partial charge in [0.05, 0.1) is 29.0 Å². The summed E-state index contributed by atoms with van der Waals surface area (Å²) in [7, 11) is 1.59. The molecule has 1 rings (SSSR count). The van der Waals surface area contributed by atoms with Crippen molar-refractivity contribution >= 4 is 23.2 Å². The Hall–Kier alpha value is -1.66. The average molecular weight is 287 g/mol. The molecule has 7 heteroatoms. The topological polar surface area (TPSA) is 83.7 Å². The van der Waals surface area contributed by atoms with E-state index in [1.165, 1.54) is 23.1 Å². The molecule has 0 aliphatic heterocycles. The number of nitro groups is 1. The first kappa shape index (κ1) is 15.4. The molecule has 0 spiro atoms. The first-order valence-corrected chi connectivity index (χ1v) is 6.04. The van der Waals surface area contributed by atoms with Gasteiger partial charge in [-0.1, -0.05) is 17.7 Å². The van der Waals surface area contributed by atoms with Crippen molar-refractivity contribution in [3.8, 4) is 0 Å². The van der Waals surface area contributed by atoms with Crippen molar-refractivity contribution in [1.29, 1.82) is 0 Å². The minimum atomic E-state index is -0.544. The number of halogens is 1. The second-order valence-corrected chi connectivity index (χ2v) is 4.65. The standard InChI is InChI=1S/C12H15ClN2O4/c1-8(7-16)14(2)12(17)5-9-3-4-10(15(18)19)6-11(9)13/h3-4,6,8,16H,5,7H2,1-2H3. The summed E-state index contributed by atoms with van der Waals surface area (Å²) in [6, 6.07) is 3.71. The van der Waals surface area contributed by atoms with Crippen LogP contribution in [0.15, 0.2) is 18.2 Å². The number of nitro benzene ring substituents is 1. The van der Waals surface area contributed by atoms with Crippen molar-refractivity contribution in [3.05, 3.63) is 38.9 Å². The second kappa shape index (κ2) is 6.49. The molecule has 0 bridgehead atoms. The van der Waals surface area contributed by atoms with Gasteiger partial charge in [0, 0.05) is 19.2 Å². The van der Waals surface area contributed by atoms with Crippen LogP contribution in [0.2, 0.25) is 5.02 Å². The van der Waals surface area contributed by atoms with E-state index in [2.05, 4.69) is 0 Å². The minimum absolute atomic E-state index is 0.0394. The van der Waals surface area contributed by atoms with Crippen LogP contribution in [-0.4, -0.2) is 40.5 Å². The summed E-state index contributed by atoms with van der Waals surface area (Å²) in [4.78, 5) is 23.3. The van der Waals surface area contributed by atoms with Gasteiger partial charge in [0.2, 0.25) is 5.91 Å². The van der Waals surface area contributed by atoms with Crippen LogP contribution in [0.5, 0.6) is 0 Å². The fourth-order valence-corrected chi connectivity index (χ4v) is 1.69. The highest BCUT2D eigenvalue weighted by Gasteiger charge is 2.17. The smallest absolute Gasteiger partial charge is 0.270 e. The van der Waals surface area contributed by atoms with Gasteiger partial charge in [-0.05, 0) is 12.5 Å². The Morgan fingerprint density at radius 1 is 1.58 bits per heavy atom. The first-order chi connectivity index (χ1) is 8.86. The number of nitrogens with zero attached hydrogens (tertiary/aromatic N) is 2. The number of rotatable bonds is 5. The van der Waals surface area contributed by atoms with E-state index in [0.717, 1.165) is 0 Å². The van der Waals surface area contributed by atoms with E-state index in [9.17, 15) is 14.9 Å². The zero-order chi connectivity index (χ0) is 14.6. The van der Waals surface area contributed by atoms with E-state index < -0.39 is 4.92 Å². The first-order valence-electron chi connectivity index (χ1n) is 5.66. The van der Waals surface area contributed by atoms with E-state index in [-0.39, 0.29) is 35.7 Å². The number of carbonyl (C=O) groups is 1. The van der Waals surface area contributed by atoms with Gasteiger partial charge in [-0.3, -0.25) is 14.9 Å². The third-order valence-electron chi connectivity index (χ3n) is 2.91. The predicted octanol–water partition coefficient (Wildman–Crippen LogP) is 1.63.